The first kappa shape index (κ1) is 84.3. The molecule has 4 fully saturated rings. The molecular formula is C90H90N28O6S5. The summed E-state index contributed by atoms with van der Waals surface area (Å²) in [5.41, 5.74) is 15.8. The van der Waals surface area contributed by atoms with E-state index < -0.39 is 0 Å². The van der Waals surface area contributed by atoms with E-state index in [1.54, 1.807) is 25.3 Å². The van der Waals surface area contributed by atoms with Crippen molar-refractivity contribution in [2.75, 3.05) is 137 Å². The Hall–Kier alpha value is -12.9. The third-order valence-corrected chi connectivity index (χ3v) is 28.6. The fourth-order valence-electron chi connectivity index (χ4n) is 16.9. The first-order valence-electron chi connectivity index (χ1n) is 43.3. The first-order chi connectivity index (χ1) is 63.4. The van der Waals surface area contributed by atoms with Crippen LogP contribution in [0.3, 0.4) is 0 Å². The maximum Gasteiger partial charge on any atom is 0.283 e. The first-order valence-corrected chi connectivity index (χ1v) is 47.4. The van der Waals surface area contributed by atoms with Crippen LogP contribution in [0, 0.1) is 0 Å². The minimum Gasteiger partial charge on any atom is -0.377 e. The van der Waals surface area contributed by atoms with Gasteiger partial charge in [-0.15, -0.1) is 0 Å². The van der Waals surface area contributed by atoms with Crippen molar-refractivity contribution >= 4 is 195 Å². The van der Waals surface area contributed by atoms with Crippen molar-refractivity contribution in [3.63, 3.8) is 0 Å². The molecular weight excluding hydrogens is 1730 g/mol. The number of amides is 5. The van der Waals surface area contributed by atoms with Crippen LogP contribution < -0.4 is 56.4 Å². The zero-order valence-corrected chi connectivity index (χ0v) is 74.8. The highest BCUT2D eigenvalue weighted by molar-refractivity contribution is 7.21. The van der Waals surface area contributed by atoms with Gasteiger partial charge in [-0.05, 0) is 156 Å². The Morgan fingerprint density at radius 2 is 0.667 bits per heavy atom. The number of carbonyl (C=O) groups excluding carboxylic acids is 5. The number of nitrogens with zero attached hydrogens (tertiary/aromatic N) is 22. The van der Waals surface area contributed by atoms with Crippen molar-refractivity contribution in [1.82, 2.24) is 116 Å². The van der Waals surface area contributed by atoms with Gasteiger partial charge in [-0.25, -0.2) is 74.8 Å². The molecule has 6 N–H and O–H groups in total. The molecule has 8 aliphatic heterocycles. The molecule has 1 aliphatic carbocycles. The van der Waals surface area contributed by atoms with Crippen LogP contribution in [0.15, 0.2) is 153 Å². The zero-order chi connectivity index (χ0) is 87.4. The van der Waals surface area contributed by atoms with Gasteiger partial charge in [-0.3, -0.25) is 24.0 Å². The second-order valence-corrected chi connectivity index (χ2v) is 37.2. The minimum absolute atomic E-state index is 0.00104. The molecule has 656 valence electrons. The van der Waals surface area contributed by atoms with E-state index in [0.717, 1.165) is 230 Å². The number of aromatic nitrogens is 15. The number of ether oxygens (including phenoxy) is 1. The molecule has 5 aromatic carbocycles. The maximum atomic E-state index is 12.9. The summed E-state index contributed by atoms with van der Waals surface area (Å²) in [4.78, 5) is 148. The second kappa shape index (κ2) is 37.8. The standard InChI is InChI=1S/2C19H20N6OS.C18H20N6OS.C17H15N5O2S.C17H15N5OS/c1-23-8-10-24(11-9-23)19(26)18-22-15-16(20-12-21-17(15)27-18)25-7-6-13-4-2-3-5-14(13)25;26-17(23-13-5-8-20-9-6-13)19-24-15-16(21-11-22-18(15)27-19)25-10-7-12-3-1-2-4-14(12)25;1-19-8-4-9-20-16(25)18-23-14-15(21-11-22-17(14)26-18)24-10-7-12-5-2-3-6-13(12)24;23-15(20-11-7-24-8-11)17-21-13-14(18-9-19-16(13)25-17)22-6-5-10-3-1-2-4-12(10)22;23-15(20-11-5-6-11)17-21-13-14(18-9-19-16(13)24-17)22-8-7-10-3-1-2-4-12(10)22/h2-5,12H,6-11H2,1H3;1-4,11,13,20H,5-10H2,(H,23,26);2-3,5-6,11,19H,4,7-10H2,1H3,(H,20,25);1-4,9,11H,5-8H2,(H,20,23);1-4,9,11H,5-8H2,(H,20,23). The third-order valence-electron chi connectivity index (χ3n) is 23.8. The van der Waals surface area contributed by atoms with Gasteiger partial charge in [0.15, 0.2) is 54.1 Å². The lowest BCUT2D eigenvalue weighted by atomic mass is 10.1. The number of benzene rings is 5. The summed E-state index contributed by atoms with van der Waals surface area (Å²) >= 11 is 6.62. The summed E-state index contributed by atoms with van der Waals surface area (Å²) in [6, 6.07) is 42.3. The maximum absolute atomic E-state index is 12.9. The molecule has 3 saturated heterocycles. The number of piperidine rings is 1. The number of fused-ring (bicyclic) bond motifs is 10. The summed E-state index contributed by atoms with van der Waals surface area (Å²) in [5.74, 6) is 3.33. The van der Waals surface area contributed by atoms with Crippen LogP contribution in [0.25, 0.3) is 51.7 Å². The predicted molar refractivity (Wildman–Crippen MR) is 502 cm³/mol. The van der Waals surface area contributed by atoms with Crippen LogP contribution in [-0.4, -0.2) is 245 Å². The lowest BCUT2D eigenvalue weighted by Crippen LogP contribution is -2.48. The van der Waals surface area contributed by atoms with E-state index in [-0.39, 0.29) is 41.6 Å². The quantitative estimate of drug-likeness (QED) is 0.0461. The molecule has 34 nitrogen and oxygen atoms in total. The van der Waals surface area contributed by atoms with Gasteiger partial charge in [0.2, 0.25) is 0 Å². The van der Waals surface area contributed by atoms with Crippen molar-refractivity contribution in [3.05, 3.63) is 206 Å². The molecule has 9 aliphatic rings. The van der Waals surface area contributed by atoms with E-state index in [1.807, 2.05) is 48.3 Å². The van der Waals surface area contributed by atoms with Crippen LogP contribution in [-0.2, 0) is 36.8 Å². The molecule has 15 aromatic rings. The van der Waals surface area contributed by atoms with Gasteiger partial charge in [0.05, 0.1) is 19.3 Å². The van der Waals surface area contributed by atoms with Crippen LogP contribution in [0.4, 0.5) is 57.5 Å². The lowest BCUT2D eigenvalue weighted by Gasteiger charge is -2.31. The Bertz CT molecular complexity index is 6700. The molecule has 0 radical (unpaired) electrons. The molecule has 0 bridgehead atoms. The Morgan fingerprint density at radius 3 is 0.984 bits per heavy atom. The van der Waals surface area contributed by atoms with Crippen molar-refractivity contribution in [2.24, 2.45) is 0 Å². The average Bonchev–Trinajstić information content (AvgIpc) is 1.65. The molecule has 0 spiro atoms. The smallest absolute Gasteiger partial charge is 0.283 e. The summed E-state index contributed by atoms with van der Waals surface area (Å²) < 4.78 is 5.09. The van der Waals surface area contributed by atoms with Crippen LogP contribution in [0.5, 0.6) is 0 Å². The number of hydrogen-bond donors (Lipinski definition) is 6. The molecule has 10 aromatic heterocycles. The van der Waals surface area contributed by atoms with Crippen LogP contribution in [0.2, 0.25) is 0 Å². The number of piperazine rings is 1. The third kappa shape index (κ3) is 18.0. The fraction of sp³-hybridized carbons (Fsp3) is 0.333. The highest BCUT2D eigenvalue weighted by atomic mass is 32.1. The molecule has 18 heterocycles. The normalized spacial score (nSPS) is 16.2. The van der Waals surface area contributed by atoms with Gasteiger partial charge in [0, 0.05) is 106 Å². The number of likely N-dealkylation sites (N-methyl/N-ethyl adjacent to an activating group) is 1. The van der Waals surface area contributed by atoms with Gasteiger partial charge >= 0.3 is 0 Å². The van der Waals surface area contributed by atoms with Gasteiger partial charge in [-0.2, -0.15) is 0 Å². The Kier molecular flexibility index (Phi) is 24.7. The summed E-state index contributed by atoms with van der Waals surface area (Å²) in [6.07, 6.45) is 17.6. The van der Waals surface area contributed by atoms with Gasteiger partial charge in [0.1, 0.15) is 83.4 Å². The monoisotopic (exact) mass is 1820 g/mol. The minimum atomic E-state index is -0.177. The number of nitrogens with one attached hydrogen (secondary N) is 6. The van der Waals surface area contributed by atoms with E-state index in [0.29, 0.717) is 72.9 Å². The number of carbonyl (C=O) groups is 5. The topological polar surface area (TPSA) is 383 Å². The predicted octanol–water partition coefficient (Wildman–Crippen LogP) is 11.1. The van der Waals surface area contributed by atoms with Gasteiger partial charge < -0.3 is 70.9 Å². The van der Waals surface area contributed by atoms with Crippen molar-refractivity contribution in [1.29, 1.82) is 0 Å². The van der Waals surface area contributed by atoms with Crippen molar-refractivity contribution < 1.29 is 28.7 Å². The van der Waals surface area contributed by atoms with E-state index >= 15 is 0 Å². The van der Waals surface area contributed by atoms with Crippen molar-refractivity contribution in [2.45, 2.75) is 82.3 Å². The van der Waals surface area contributed by atoms with Gasteiger partial charge in [0.25, 0.3) is 29.5 Å². The Balaban J connectivity index is 0.000000101. The highest BCUT2D eigenvalue weighted by Crippen LogP contribution is 2.44. The number of rotatable bonds is 17. The van der Waals surface area contributed by atoms with Crippen LogP contribution in [0.1, 0.15) is 109 Å². The highest BCUT2D eigenvalue weighted by Gasteiger charge is 2.35. The number of para-hydroxylation sites is 5. The fourth-order valence-corrected chi connectivity index (χ4v) is 21.0. The van der Waals surface area contributed by atoms with E-state index in [1.165, 1.54) is 90.8 Å². The SMILES string of the molecule is CN1CCN(C(=O)c2nc3c(N4CCc5ccccc54)ncnc3s2)CC1.CNCCCNC(=O)c1nc2c(N3CCc4ccccc43)ncnc2s1.O=C(NC1CC1)c1nc2c(N3CCc4ccccc43)ncnc2s1.O=C(NC1CCNCC1)c1nc2c(N3CCc4ccccc43)ncnc2s1.O=C(NC1COC1)c1nc2c(N3CCc4ccccc43)ncnc2s1. The molecule has 1 saturated carbocycles. The van der Waals surface area contributed by atoms with E-state index in [2.05, 4.69) is 228 Å². The molecule has 39 heteroatoms. The molecule has 0 unspecified atom stereocenters. The number of hydrogen-bond acceptors (Lipinski definition) is 34. The molecule has 24 rings (SSSR count). The average molecular weight is 1820 g/mol. The zero-order valence-electron chi connectivity index (χ0n) is 70.7. The largest absolute Gasteiger partial charge is 0.377 e. The molecule has 0 atom stereocenters. The second-order valence-electron chi connectivity index (χ2n) is 32.3. The van der Waals surface area contributed by atoms with Crippen LogP contribution >= 0.6 is 56.7 Å². The summed E-state index contributed by atoms with van der Waals surface area (Å²) in [5, 5.41) is 20.6. The summed E-state index contributed by atoms with van der Waals surface area (Å²) in [6.45, 7) is 12.1. The Labute approximate surface area is 760 Å². The van der Waals surface area contributed by atoms with Crippen molar-refractivity contribution in [3.8, 4) is 0 Å². The lowest BCUT2D eigenvalue weighted by molar-refractivity contribution is -0.00346. The van der Waals surface area contributed by atoms with Gasteiger partial charge in [-0.1, -0.05) is 148 Å². The molecule has 129 heavy (non-hydrogen) atoms. The van der Waals surface area contributed by atoms with E-state index in [4.69, 9.17) is 4.74 Å². The Morgan fingerprint density at radius 1 is 0.364 bits per heavy atom. The summed E-state index contributed by atoms with van der Waals surface area (Å²) in [7, 11) is 3.97. The van der Waals surface area contributed by atoms with E-state index in [9.17, 15) is 24.0 Å². The number of anilines is 10. The molecule has 5 amide bonds. The number of thiazole rings is 5.